The molecule has 25 heavy (non-hydrogen) atoms. The van der Waals surface area contributed by atoms with Crippen molar-refractivity contribution in [3.8, 4) is 11.5 Å². The number of amides is 2. The number of primary amides is 1. The smallest absolute Gasteiger partial charge is 0.387 e. The summed E-state index contributed by atoms with van der Waals surface area (Å²) in [6.45, 7) is -1.36. The Morgan fingerprint density at radius 3 is 2.48 bits per heavy atom. The van der Waals surface area contributed by atoms with Crippen molar-refractivity contribution in [1.82, 2.24) is 0 Å². The van der Waals surface area contributed by atoms with Crippen molar-refractivity contribution in [2.24, 2.45) is 5.73 Å². The van der Waals surface area contributed by atoms with Crippen molar-refractivity contribution >= 4 is 17.5 Å². The first-order valence-corrected chi connectivity index (χ1v) is 7.17. The Kier molecular flexibility index (Phi) is 5.53. The number of hydrogen-bond acceptors (Lipinski definition) is 4. The highest BCUT2D eigenvalue weighted by Crippen LogP contribution is 2.30. The summed E-state index contributed by atoms with van der Waals surface area (Å²) >= 11 is 0. The molecular weight excluding hydrogens is 334 g/mol. The van der Waals surface area contributed by atoms with Crippen molar-refractivity contribution in [2.75, 3.05) is 12.4 Å². The number of alkyl halides is 2. The summed E-state index contributed by atoms with van der Waals surface area (Å²) in [7, 11) is 1.27. The van der Waals surface area contributed by atoms with Crippen LogP contribution >= 0.6 is 0 Å². The largest absolute Gasteiger partial charge is 0.493 e. The van der Waals surface area contributed by atoms with Crippen molar-refractivity contribution in [2.45, 2.75) is 13.5 Å². The minimum absolute atomic E-state index is 0.00411. The number of carbonyl (C=O) groups is 2. The molecule has 6 nitrogen and oxygen atoms in total. The van der Waals surface area contributed by atoms with Gasteiger partial charge in [0.1, 0.15) is 0 Å². The molecule has 0 aliphatic carbocycles. The molecule has 0 atom stereocenters. The van der Waals surface area contributed by atoms with Gasteiger partial charge in [0.25, 0.3) is 5.91 Å². The van der Waals surface area contributed by atoms with Crippen LogP contribution in [-0.4, -0.2) is 25.5 Å². The molecule has 0 saturated heterocycles. The standard InChI is InChI=1S/C17H16F2N2O4/c1-9-11(15(20)22)4-3-5-12(9)21-16(23)10-6-7-13(25-17(18)19)14(8-10)24-2/h3-8,17H,1-2H3,(H2,20,22)(H,21,23). The Bertz CT molecular complexity index is 809. The maximum atomic E-state index is 12.4. The molecule has 0 aliphatic heterocycles. The summed E-state index contributed by atoms with van der Waals surface area (Å²) in [5, 5.41) is 2.64. The van der Waals surface area contributed by atoms with Crippen LogP contribution in [0.3, 0.4) is 0 Å². The first-order chi connectivity index (χ1) is 11.8. The predicted octanol–water partition coefficient (Wildman–Crippen LogP) is 2.96. The number of anilines is 1. The molecule has 0 spiro atoms. The number of benzene rings is 2. The van der Waals surface area contributed by atoms with E-state index in [-0.39, 0.29) is 22.6 Å². The van der Waals surface area contributed by atoms with Crippen molar-refractivity contribution in [3.05, 3.63) is 53.1 Å². The first kappa shape index (κ1) is 18.2. The van der Waals surface area contributed by atoms with E-state index in [1.807, 2.05) is 0 Å². The van der Waals surface area contributed by atoms with Crippen LogP contribution in [-0.2, 0) is 0 Å². The van der Waals surface area contributed by atoms with Gasteiger partial charge in [-0.05, 0) is 42.8 Å². The molecule has 0 saturated carbocycles. The number of halogens is 2. The van der Waals surface area contributed by atoms with Gasteiger partial charge in [0.05, 0.1) is 7.11 Å². The molecule has 3 N–H and O–H groups in total. The second kappa shape index (κ2) is 7.61. The fourth-order valence-corrected chi connectivity index (χ4v) is 2.23. The molecule has 0 radical (unpaired) electrons. The number of hydrogen-bond donors (Lipinski definition) is 2. The summed E-state index contributed by atoms with van der Waals surface area (Å²) in [6, 6.07) is 8.57. The van der Waals surface area contributed by atoms with E-state index in [4.69, 9.17) is 10.5 Å². The number of carbonyl (C=O) groups excluding carboxylic acids is 2. The number of methoxy groups -OCH3 is 1. The van der Waals surface area contributed by atoms with E-state index < -0.39 is 18.4 Å². The van der Waals surface area contributed by atoms with E-state index in [0.29, 0.717) is 11.3 Å². The van der Waals surface area contributed by atoms with Crippen LogP contribution in [0.15, 0.2) is 36.4 Å². The van der Waals surface area contributed by atoms with Crippen molar-refractivity contribution < 1.29 is 27.8 Å². The first-order valence-electron chi connectivity index (χ1n) is 7.17. The third kappa shape index (κ3) is 4.23. The minimum atomic E-state index is -3.01. The number of ether oxygens (including phenoxy) is 2. The van der Waals surface area contributed by atoms with Gasteiger partial charge < -0.3 is 20.5 Å². The molecule has 132 valence electrons. The van der Waals surface area contributed by atoms with Gasteiger partial charge in [0, 0.05) is 16.8 Å². The summed E-state index contributed by atoms with van der Waals surface area (Å²) in [5.41, 5.74) is 6.66. The summed E-state index contributed by atoms with van der Waals surface area (Å²) < 4.78 is 33.9. The highest BCUT2D eigenvalue weighted by atomic mass is 19.3. The molecule has 2 aromatic carbocycles. The lowest BCUT2D eigenvalue weighted by molar-refractivity contribution is -0.0512. The van der Waals surface area contributed by atoms with Gasteiger partial charge in [-0.15, -0.1) is 0 Å². The normalized spacial score (nSPS) is 10.4. The Hall–Kier alpha value is -3.16. The zero-order valence-electron chi connectivity index (χ0n) is 13.5. The second-order valence-electron chi connectivity index (χ2n) is 5.04. The molecule has 0 aromatic heterocycles. The van der Waals surface area contributed by atoms with Crippen LogP contribution in [0.5, 0.6) is 11.5 Å². The minimum Gasteiger partial charge on any atom is -0.493 e. The van der Waals surface area contributed by atoms with Crippen molar-refractivity contribution in [1.29, 1.82) is 0 Å². The van der Waals surface area contributed by atoms with E-state index in [1.54, 1.807) is 25.1 Å². The van der Waals surface area contributed by atoms with Gasteiger partial charge in [-0.3, -0.25) is 9.59 Å². The molecule has 8 heteroatoms. The van der Waals surface area contributed by atoms with Crippen LogP contribution in [0, 0.1) is 6.92 Å². The van der Waals surface area contributed by atoms with Crippen LogP contribution < -0.4 is 20.5 Å². The van der Waals surface area contributed by atoms with Crippen LogP contribution in [0.2, 0.25) is 0 Å². The zero-order chi connectivity index (χ0) is 18.6. The molecule has 0 fully saturated rings. The van der Waals surface area contributed by atoms with E-state index in [1.165, 1.54) is 25.3 Å². The van der Waals surface area contributed by atoms with E-state index >= 15 is 0 Å². The maximum Gasteiger partial charge on any atom is 0.387 e. The topological polar surface area (TPSA) is 90.6 Å². The van der Waals surface area contributed by atoms with Gasteiger partial charge in [0.2, 0.25) is 5.91 Å². The maximum absolute atomic E-state index is 12.4. The average molecular weight is 350 g/mol. The summed E-state index contributed by atoms with van der Waals surface area (Å²) in [4.78, 5) is 23.7. The third-order valence-electron chi connectivity index (χ3n) is 3.49. The number of rotatable bonds is 6. The lowest BCUT2D eigenvalue weighted by atomic mass is 10.1. The molecule has 0 bridgehead atoms. The monoisotopic (exact) mass is 350 g/mol. The fourth-order valence-electron chi connectivity index (χ4n) is 2.23. The lowest BCUT2D eigenvalue weighted by Crippen LogP contribution is -2.17. The second-order valence-corrected chi connectivity index (χ2v) is 5.04. The lowest BCUT2D eigenvalue weighted by Gasteiger charge is -2.13. The van der Waals surface area contributed by atoms with Gasteiger partial charge in [-0.1, -0.05) is 6.07 Å². The average Bonchev–Trinajstić information content (AvgIpc) is 2.56. The molecule has 0 heterocycles. The van der Waals surface area contributed by atoms with Crippen LogP contribution in [0.1, 0.15) is 26.3 Å². The summed E-state index contributed by atoms with van der Waals surface area (Å²) in [5.74, 6) is -1.30. The highest BCUT2D eigenvalue weighted by Gasteiger charge is 2.16. The number of nitrogens with two attached hydrogens (primary N) is 1. The van der Waals surface area contributed by atoms with Gasteiger partial charge >= 0.3 is 6.61 Å². The highest BCUT2D eigenvalue weighted by molar-refractivity contribution is 6.06. The third-order valence-corrected chi connectivity index (χ3v) is 3.49. The molecule has 2 rings (SSSR count). The van der Waals surface area contributed by atoms with E-state index in [9.17, 15) is 18.4 Å². The number of nitrogens with one attached hydrogen (secondary N) is 1. The van der Waals surface area contributed by atoms with E-state index in [2.05, 4.69) is 10.1 Å². The fraction of sp³-hybridized carbons (Fsp3) is 0.176. The Morgan fingerprint density at radius 1 is 1.16 bits per heavy atom. The summed E-state index contributed by atoms with van der Waals surface area (Å²) in [6.07, 6.45) is 0. The van der Waals surface area contributed by atoms with Gasteiger partial charge in [-0.2, -0.15) is 8.78 Å². The molecule has 0 aliphatic rings. The van der Waals surface area contributed by atoms with Gasteiger partial charge in [0.15, 0.2) is 11.5 Å². The van der Waals surface area contributed by atoms with Crippen LogP contribution in [0.25, 0.3) is 0 Å². The Morgan fingerprint density at radius 2 is 1.88 bits per heavy atom. The zero-order valence-corrected chi connectivity index (χ0v) is 13.5. The van der Waals surface area contributed by atoms with Gasteiger partial charge in [-0.25, -0.2) is 0 Å². The molecular formula is C17H16F2N2O4. The molecule has 2 amide bonds. The Labute approximate surface area is 142 Å². The SMILES string of the molecule is COc1cc(C(=O)Nc2cccc(C(N)=O)c2C)ccc1OC(F)F. The quantitative estimate of drug-likeness (QED) is 0.838. The van der Waals surface area contributed by atoms with Crippen molar-refractivity contribution in [3.63, 3.8) is 0 Å². The van der Waals surface area contributed by atoms with E-state index in [0.717, 1.165) is 0 Å². The predicted molar refractivity (Wildman–Crippen MR) is 87.3 cm³/mol. The molecule has 0 unspecified atom stereocenters. The van der Waals surface area contributed by atoms with Crippen LogP contribution in [0.4, 0.5) is 14.5 Å². The molecule has 2 aromatic rings. The Balaban J connectivity index is 2.27.